The molecule has 0 bridgehead atoms. The number of likely N-dealkylation sites (N-methyl/N-ethyl adjacent to an activating group) is 1. The number of aromatic nitrogens is 2. The first-order valence-corrected chi connectivity index (χ1v) is 15.3. The summed E-state index contributed by atoms with van der Waals surface area (Å²) >= 11 is 7.44. The Morgan fingerprint density at radius 1 is 1.00 bits per heavy atom. The average molecular weight is 690 g/mol. The summed E-state index contributed by atoms with van der Waals surface area (Å²) in [5, 5.41) is 15.6. The zero-order valence-corrected chi connectivity index (χ0v) is 27.8. The molecule has 244 valence electrons. The van der Waals surface area contributed by atoms with Crippen LogP contribution in [0.25, 0.3) is 5.57 Å². The number of amidine groups is 1. The first-order chi connectivity index (χ1) is 21.4. The summed E-state index contributed by atoms with van der Waals surface area (Å²) in [5.41, 5.74) is 11.3. The molecule has 1 unspecified atom stereocenters. The number of carbonyl (C=O) groups is 4. The van der Waals surface area contributed by atoms with Crippen LogP contribution in [-0.4, -0.2) is 68.9 Å². The van der Waals surface area contributed by atoms with Gasteiger partial charge in [-0.1, -0.05) is 12.1 Å². The Bertz CT molecular complexity index is 1700. The van der Waals surface area contributed by atoms with Gasteiger partial charge in [-0.2, -0.15) is 10.0 Å². The molecule has 0 fully saturated rings. The van der Waals surface area contributed by atoms with Gasteiger partial charge < -0.3 is 30.8 Å². The predicted molar refractivity (Wildman–Crippen MR) is 183 cm³/mol. The van der Waals surface area contributed by atoms with E-state index in [0.29, 0.717) is 29.4 Å². The molecule has 3 aromatic rings. The number of hydrogen-bond donors (Lipinski definition) is 6. The number of carbonyl (C=O) groups excluding carboxylic acids is 4. The summed E-state index contributed by atoms with van der Waals surface area (Å²) < 4.78 is 2.88. The number of nitrogens with two attached hydrogens (primary N) is 1. The molecule has 13 nitrogen and oxygen atoms in total. The number of rotatable bonds is 14. The number of hydrogen-bond acceptors (Lipinski definition) is 6. The highest BCUT2D eigenvalue weighted by atomic mass is 35.5. The van der Waals surface area contributed by atoms with E-state index in [9.17, 15) is 19.2 Å². The second-order valence-corrected chi connectivity index (χ2v) is 11.9. The van der Waals surface area contributed by atoms with Crippen molar-refractivity contribution >= 4 is 82.7 Å². The number of alkyl halides is 1. The van der Waals surface area contributed by atoms with Crippen molar-refractivity contribution in [3.05, 3.63) is 83.7 Å². The monoisotopic (exact) mass is 688 g/mol. The molecule has 7 N–H and O–H groups in total. The first kappa shape index (κ1) is 36.0. The molecule has 4 rings (SSSR count). The minimum atomic E-state index is -0.464. The number of thioether (sulfide) groups is 1. The van der Waals surface area contributed by atoms with Gasteiger partial charge in [-0.25, -0.2) is 0 Å². The highest BCUT2D eigenvalue weighted by Gasteiger charge is 2.38. The fraction of sp³-hybridized carbons (Fsp3) is 0.233. The molecular weight excluding hydrogens is 653 g/mol. The molecule has 1 aliphatic heterocycles. The van der Waals surface area contributed by atoms with E-state index in [1.807, 2.05) is 24.3 Å². The van der Waals surface area contributed by atoms with Crippen LogP contribution in [0.2, 0.25) is 0 Å². The molecule has 3 heterocycles. The molecule has 1 atom stereocenters. The molecule has 0 radical (unpaired) electrons. The second-order valence-electron chi connectivity index (χ2n) is 10.4. The van der Waals surface area contributed by atoms with E-state index in [1.165, 1.54) is 12.1 Å². The highest BCUT2D eigenvalue weighted by Crippen LogP contribution is 2.32. The number of benzene rings is 1. The quantitative estimate of drug-likeness (QED) is 0.0378. The Morgan fingerprint density at radius 2 is 1.59 bits per heavy atom. The highest BCUT2D eigenvalue weighted by molar-refractivity contribution is 7.99. The molecule has 2 aromatic heterocycles. The van der Waals surface area contributed by atoms with Crippen LogP contribution in [0.3, 0.4) is 0 Å². The van der Waals surface area contributed by atoms with Crippen LogP contribution in [0.15, 0.2) is 71.7 Å². The van der Waals surface area contributed by atoms with E-state index < -0.39 is 11.8 Å². The van der Waals surface area contributed by atoms with Gasteiger partial charge in [0.25, 0.3) is 18.2 Å². The molecule has 1 aliphatic rings. The number of quaternary nitrogens is 1. The second kappa shape index (κ2) is 15.7. The normalized spacial score (nSPS) is 15.2. The molecular formula is C30H36Cl2N9O4S+. The summed E-state index contributed by atoms with van der Waals surface area (Å²) in [6, 6.07) is 10.9. The van der Waals surface area contributed by atoms with Crippen molar-refractivity contribution in [3.63, 3.8) is 0 Å². The van der Waals surface area contributed by atoms with E-state index in [4.69, 9.17) is 22.7 Å². The smallest absolute Gasteiger partial charge is 0.312 e. The molecule has 0 saturated heterocycles. The van der Waals surface area contributed by atoms with Crippen LogP contribution < -0.4 is 27.1 Å². The molecule has 16 heteroatoms. The summed E-state index contributed by atoms with van der Waals surface area (Å²) in [6.07, 6.45) is 7.45. The van der Waals surface area contributed by atoms with Gasteiger partial charge in [0.15, 0.2) is 0 Å². The van der Waals surface area contributed by atoms with Crippen molar-refractivity contribution in [1.29, 1.82) is 5.41 Å². The summed E-state index contributed by atoms with van der Waals surface area (Å²) in [7, 11) is 5.02. The minimum Gasteiger partial charge on any atom is -0.388 e. The number of halogens is 2. The number of amides is 4. The van der Waals surface area contributed by atoms with Crippen LogP contribution in [-0.2, 0) is 23.7 Å². The van der Waals surface area contributed by atoms with E-state index in [2.05, 4.69) is 21.4 Å². The predicted octanol–water partition coefficient (Wildman–Crippen LogP) is 3.41. The van der Waals surface area contributed by atoms with E-state index in [0.717, 1.165) is 21.8 Å². The van der Waals surface area contributed by atoms with Gasteiger partial charge in [-0.05, 0) is 29.8 Å². The topological polar surface area (TPSA) is 176 Å². The summed E-state index contributed by atoms with van der Waals surface area (Å²) in [5.74, 6) is 0.0400. The van der Waals surface area contributed by atoms with Gasteiger partial charge in [0.05, 0.1) is 17.2 Å². The van der Waals surface area contributed by atoms with Crippen LogP contribution in [0.5, 0.6) is 0 Å². The fourth-order valence-electron chi connectivity index (χ4n) is 4.73. The molecule has 1 aromatic carbocycles. The lowest BCUT2D eigenvalue weighted by molar-refractivity contribution is -0.849. The number of anilines is 2. The van der Waals surface area contributed by atoms with Crippen molar-refractivity contribution in [2.45, 2.75) is 11.3 Å². The third-order valence-electron chi connectivity index (χ3n) is 6.95. The lowest BCUT2D eigenvalue weighted by Crippen LogP contribution is -2.50. The van der Waals surface area contributed by atoms with Gasteiger partial charge in [-0.3, -0.25) is 24.6 Å². The maximum Gasteiger partial charge on any atom is 0.312 e. The lowest BCUT2D eigenvalue weighted by atomic mass is 10.1. The van der Waals surface area contributed by atoms with Crippen LogP contribution in [0.4, 0.5) is 11.4 Å². The summed E-state index contributed by atoms with van der Waals surface area (Å²) in [4.78, 5) is 51.6. The van der Waals surface area contributed by atoms with E-state index >= 15 is 0 Å². The van der Waals surface area contributed by atoms with Gasteiger partial charge >= 0.3 is 5.91 Å². The average Bonchev–Trinajstić information content (AvgIpc) is 3.66. The third kappa shape index (κ3) is 8.60. The lowest BCUT2D eigenvalue weighted by Gasteiger charge is -2.25. The number of allylic oxidation sites excluding steroid dienone is 2. The van der Waals surface area contributed by atoms with Gasteiger partial charge in [0, 0.05) is 67.6 Å². The first-order valence-electron chi connectivity index (χ1n) is 13.8. The Labute approximate surface area is 281 Å². The Morgan fingerprint density at radius 3 is 2.15 bits per heavy atom. The SMILES string of the molecule is Cl.Cn1cc(NC(=O)c2cc(NC(=O)C3=CC(c4ccc(SCCCl)cc4)=C[N+]3(C)NC=O)cn2C)cc1C(=O)NCCC(=N)N. The van der Waals surface area contributed by atoms with Gasteiger partial charge in [0.1, 0.15) is 24.6 Å². The largest absolute Gasteiger partial charge is 0.388 e. The number of aryl methyl sites for hydroxylation is 2. The van der Waals surface area contributed by atoms with Crippen molar-refractivity contribution in [3.8, 4) is 0 Å². The number of nitrogens with one attached hydrogen (secondary N) is 5. The maximum atomic E-state index is 13.5. The van der Waals surface area contributed by atoms with Crippen molar-refractivity contribution in [2.75, 3.05) is 35.9 Å². The minimum absolute atomic E-state index is 0. The zero-order valence-electron chi connectivity index (χ0n) is 25.4. The van der Waals surface area contributed by atoms with Crippen LogP contribution in [0, 0.1) is 5.41 Å². The number of nitrogens with zero attached hydrogens (tertiary/aromatic N) is 3. The van der Waals surface area contributed by atoms with E-state index in [1.54, 1.807) is 66.7 Å². The van der Waals surface area contributed by atoms with Crippen molar-refractivity contribution in [1.82, 2.24) is 19.9 Å². The molecule has 0 aliphatic carbocycles. The molecule has 46 heavy (non-hydrogen) atoms. The summed E-state index contributed by atoms with van der Waals surface area (Å²) in [6.45, 7) is 0.220. The Balaban J connectivity index is 0.00000576. The fourth-order valence-corrected chi connectivity index (χ4v) is 5.60. The van der Waals surface area contributed by atoms with Crippen molar-refractivity contribution < 1.29 is 23.8 Å². The molecule has 0 saturated carbocycles. The standard InChI is InChI=1S/C30H34ClN9O4S.ClH/c1-38-15-21(13-24(38)28(42)34-10-8-27(32)33)36-29(43)25-14-22(16-39(25)2)37-30(44)26-12-20(17-40(26,3)35-18-41)19-4-6-23(7-5-19)45-11-9-31;/h4-7,12-18H,8-11H2,1-3H3,(H6-,32,33,34,35,36,37,41,42,43,44);1H/p+1. The van der Waals surface area contributed by atoms with E-state index in [-0.39, 0.29) is 53.1 Å². The maximum absolute atomic E-state index is 13.5. The van der Waals surface area contributed by atoms with Gasteiger partial charge in [-0.15, -0.1) is 35.8 Å². The van der Waals surface area contributed by atoms with Crippen LogP contribution in [0.1, 0.15) is 33.0 Å². The third-order valence-corrected chi connectivity index (χ3v) is 8.37. The molecule has 4 amide bonds. The Kier molecular flexibility index (Phi) is 12.3. The van der Waals surface area contributed by atoms with Crippen LogP contribution >= 0.6 is 35.8 Å². The molecule has 0 spiro atoms. The van der Waals surface area contributed by atoms with Crippen molar-refractivity contribution in [2.24, 2.45) is 19.8 Å². The zero-order chi connectivity index (χ0) is 32.7. The Hall–Kier alpha value is -4.50. The van der Waals surface area contributed by atoms with Gasteiger partial charge in [0.2, 0.25) is 5.70 Å².